The van der Waals surface area contributed by atoms with Crippen LogP contribution in [0.2, 0.25) is 0 Å². The van der Waals surface area contributed by atoms with Crippen molar-refractivity contribution in [1.82, 2.24) is 19.4 Å². The Morgan fingerprint density at radius 2 is 1.76 bits per heavy atom. The molecule has 0 atom stereocenters. The molecule has 0 spiro atoms. The molecule has 0 radical (unpaired) electrons. The number of aromatic nitrogens is 3. The molecule has 8 nitrogen and oxygen atoms in total. The van der Waals surface area contributed by atoms with Gasteiger partial charge in [-0.1, -0.05) is 0 Å². The number of hydrogen-bond acceptors (Lipinski definition) is 5. The average molecular weight is 419 g/mol. The van der Waals surface area contributed by atoms with Crippen LogP contribution in [0.25, 0.3) is 11.0 Å². The smallest absolute Gasteiger partial charge is 0.404 e. The van der Waals surface area contributed by atoms with E-state index >= 15 is 0 Å². The highest BCUT2D eigenvalue weighted by Crippen LogP contribution is 2.30. The van der Waals surface area contributed by atoms with Crippen molar-refractivity contribution >= 4 is 28.9 Å². The van der Waals surface area contributed by atoms with Gasteiger partial charge in [0.05, 0.1) is 5.39 Å². The Balaban J connectivity index is 1.79. The highest BCUT2D eigenvalue weighted by Gasteiger charge is 2.29. The maximum atomic E-state index is 13.5. The van der Waals surface area contributed by atoms with E-state index in [9.17, 15) is 14.4 Å². The number of fused-ring (bicyclic) bond motifs is 1. The molecule has 9 heteroatoms. The van der Waals surface area contributed by atoms with Crippen molar-refractivity contribution in [2.24, 2.45) is 0 Å². The van der Waals surface area contributed by atoms with Gasteiger partial charge in [0.15, 0.2) is 0 Å². The Bertz CT molecular complexity index is 1030. The number of nitrogens with zero attached hydrogens (tertiary/aromatic N) is 3. The van der Waals surface area contributed by atoms with Crippen LogP contribution in [0.5, 0.6) is 0 Å². The SMILES string of the molecule is Cc1cnc2c(c1)c(=O)n([C@H]1CC[C@@H](NC(=O)O)CC1)c(=O)n2C1CCSCC1. The van der Waals surface area contributed by atoms with Gasteiger partial charge in [-0.2, -0.15) is 11.8 Å². The van der Waals surface area contributed by atoms with E-state index in [0.29, 0.717) is 36.7 Å². The number of rotatable bonds is 3. The molecule has 156 valence electrons. The van der Waals surface area contributed by atoms with Gasteiger partial charge in [0, 0.05) is 24.3 Å². The number of thioether (sulfide) groups is 1. The first kappa shape index (κ1) is 20.0. The number of hydrogen-bond donors (Lipinski definition) is 2. The normalized spacial score (nSPS) is 23.2. The third kappa shape index (κ3) is 3.92. The molecule has 2 fully saturated rings. The summed E-state index contributed by atoms with van der Waals surface area (Å²) in [6.45, 7) is 1.89. The number of carbonyl (C=O) groups is 1. The Morgan fingerprint density at radius 1 is 1.10 bits per heavy atom. The number of nitrogens with one attached hydrogen (secondary N) is 1. The third-order valence-corrected chi connectivity index (χ3v) is 7.09. The predicted octanol–water partition coefficient (Wildman–Crippen LogP) is 2.69. The fourth-order valence-corrected chi connectivity index (χ4v) is 5.66. The van der Waals surface area contributed by atoms with E-state index in [1.54, 1.807) is 10.8 Å². The number of amides is 1. The molecule has 2 N–H and O–H groups in total. The summed E-state index contributed by atoms with van der Waals surface area (Å²) in [5.74, 6) is 1.99. The van der Waals surface area contributed by atoms with Crippen LogP contribution in [-0.2, 0) is 0 Å². The predicted molar refractivity (Wildman–Crippen MR) is 113 cm³/mol. The van der Waals surface area contributed by atoms with Crippen molar-refractivity contribution < 1.29 is 9.90 Å². The minimum atomic E-state index is -1.03. The first-order valence-electron chi connectivity index (χ1n) is 10.2. The molecule has 4 rings (SSSR count). The summed E-state index contributed by atoms with van der Waals surface area (Å²) in [4.78, 5) is 42.2. The molecule has 1 aliphatic carbocycles. The van der Waals surface area contributed by atoms with Gasteiger partial charge in [0.2, 0.25) is 0 Å². The van der Waals surface area contributed by atoms with Crippen LogP contribution in [0.3, 0.4) is 0 Å². The van der Waals surface area contributed by atoms with Crippen LogP contribution in [0.4, 0.5) is 4.79 Å². The number of pyridine rings is 1. The van der Waals surface area contributed by atoms with E-state index < -0.39 is 6.09 Å². The van der Waals surface area contributed by atoms with Crippen molar-refractivity contribution in [3.63, 3.8) is 0 Å². The van der Waals surface area contributed by atoms with Crippen LogP contribution in [0.15, 0.2) is 21.9 Å². The minimum absolute atomic E-state index is 0.0540. The summed E-state index contributed by atoms with van der Waals surface area (Å²) in [5, 5.41) is 11.9. The van der Waals surface area contributed by atoms with Crippen LogP contribution in [-0.4, -0.2) is 42.9 Å². The lowest BCUT2D eigenvalue weighted by atomic mass is 9.91. The summed E-state index contributed by atoms with van der Waals surface area (Å²) in [6.07, 6.45) is 4.90. The van der Waals surface area contributed by atoms with Crippen LogP contribution >= 0.6 is 11.8 Å². The van der Waals surface area contributed by atoms with Gasteiger partial charge in [0.1, 0.15) is 5.65 Å². The zero-order valence-electron chi connectivity index (χ0n) is 16.5. The van der Waals surface area contributed by atoms with E-state index in [2.05, 4.69) is 10.3 Å². The van der Waals surface area contributed by atoms with Gasteiger partial charge in [0.25, 0.3) is 5.56 Å². The first-order valence-corrected chi connectivity index (χ1v) is 11.3. The van der Waals surface area contributed by atoms with Gasteiger partial charge in [-0.3, -0.25) is 13.9 Å². The van der Waals surface area contributed by atoms with E-state index in [0.717, 1.165) is 29.9 Å². The second kappa shape index (κ2) is 8.22. The monoisotopic (exact) mass is 418 g/mol. The molecule has 1 amide bonds. The quantitative estimate of drug-likeness (QED) is 0.794. The molecule has 2 aromatic heterocycles. The van der Waals surface area contributed by atoms with Gasteiger partial charge in [-0.15, -0.1) is 0 Å². The van der Waals surface area contributed by atoms with Crippen LogP contribution < -0.4 is 16.6 Å². The third-order valence-electron chi connectivity index (χ3n) is 6.04. The van der Waals surface area contributed by atoms with Crippen molar-refractivity contribution in [2.45, 2.75) is 63.6 Å². The van der Waals surface area contributed by atoms with Crippen LogP contribution in [0.1, 0.15) is 56.2 Å². The minimum Gasteiger partial charge on any atom is -0.465 e. The van der Waals surface area contributed by atoms with E-state index in [1.807, 2.05) is 24.8 Å². The van der Waals surface area contributed by atoms with Crippen molar-refractivity contribution in [3.05, 3.63) is 38.7 Å². The molecule has 0 unspecified atom stereocenters. The van der Waals surface area contributed by atoms with E-state index in [1.165, 1.54) is 4.57 Å². The van der Waals surface area contributed by atoms with Gasteiger partial charge >= 0.3 is 11.8 Å². The maximum absolute atomic E-state index is 13.5. The highest BCUT2D eigenvalue weighted by molar-refractivity contribution is 7.99. The van der Waals surface area contributed by atoms with Gasteiger partial charge in [-0.25, -0.2) is 14.6 Å². The Morgan fingerprint density at radius 3 is 2.41 bits per heavy atom. The zero-order chi connectivity index (χ0) is 20.5. The maximum Gasteiger partial charge on any atom is 0.404 e. The molecular weight excluding hydrogens is 392 g/mol. The topological polar surface area (TPSA) is 106 Å². The first-order chi connectivity index (χ1) is 14.0. The zero-order valence-corrected chi connectivity index (χ0v) is 17.3. The number of aryl methyl sites for hydroxylation is 1. The summed E-state index contributed by atoms with van der Waals surface area (Å²) in [5.41, 5.74) is 0.822. The highest BCUT2D eigenvalue weighted by atomic mass is 32.2. The lowest BCUT2D eigenvalue weighted by molar-refractivity contribution is 0.182. The molecule has 1 saturated carbocycles. The molecular formula is C20H26N4O4S. The fraction of sp³-hybridized carbons (Fsp3) is 0.600. The van der Waals surface area contributed by atoms with Gasteiger partial charge in [-0.05, 0) is 68.6 Å². The molecule has 3 heterocycles. The molecule has 0 bridgehead atoms. The van der Waals surface area contributed by atoms with Crippen molar-refractivity contribution in [2.75, 3.05) is 11.5 Å². The van der Waals surface area contributed by atoms with E-state index in [-0.39, 0.29) is 29.4 Å². The number of carboxylic acid groups (broad SMARTS) is 1. The molecule has 1 saturated heterocycles. The largest absolute Gasteiger partial charge is 0.465 e. The Labute approximate surface area is 172 Å². The Kier molecular flexibility index (Phi) is 5.67. The lowest BCUT2D eigenvalue weighted by Gasteiger charge is -2.31. The second-order valence-corrected chi connectivity index (χ2v) is 9.23. The summed E-state index contributed by atoms with van der Waals surface area (Å²) >= 11 is 1.89. The summed E-state index contributed by atoms with van der Waals surface area (Å²) in [7, 11) is 0. The van der Waals surface area contributed by atoms with Crippen molar-refractivity contribution in [3.8, 4) is 0 Å². The lowest BCUT2D eigenvalue weighted by Crippen LogP contribution is -2.46. The second-order valence-electron chi connectivity index (χ2n) is 8.01. The molecule has 0 aromatic carbocycles. The van der Waals surface area contributed by atoms with Gasteiger partial charge < -0.3 is 10.4 Å². The van der Waals surface area contributed by atoms with Crippen LogP contribution in [0, 0.1) is 6.92 Å². The average Bonchev–Trinajstić information content (AvgIpc) is 2.70. The van der Waals surface area contributed by atoms with Crippen molar-refractivity contribution in [1.29, 1.82) is 0 Å². The fourth-order valence-electron chi connectivity index (χ4n) is 4.58. The standard InChI is InChI=1S/C20H26N4O4S/c1-12-10-16-17(21-11-12)23(15-6-8-29-9-7-15)20(28)24(18(16)25)14-4-2-13(3-5-14)22-19(26)27/h10-11,13-15,22H,2-9H2,1H3,(H,26,27)/t13-,14+. The molecule has 1 aliphatic heterocycles. The summed E-state index contributed by atoms with van der Waals surface area (Å²) < 4.78 is 3.17. The summed E-state index contributed by atoms with van der Waals surface area (Å²) in [6, 6.07) is 1.54. The molecule has 2 aliphatic rings. The molecule has 2 aromatic rings. The van der Waals surface area contributed by atoms with E-state index in [4.69, 9.17) is 5.11 Å². The Hall–Kier alpha value is -2.29. The molecule has 29 heavy (non-hydrogen) atoms.